The van der Waals surface area contributed by atoms with E-state index in [1.165, 1.54) is 5.56 Å². The third kappa shape index (κ3) is 13.6. The van der Waals surface area contributed by atoms with E-state index in [9.17, 15) is 14.4 Å². The summed E-state index contributed by atoms with van der Waals surface area (Å²) in [7, 11) is 3.99. The molecule has 0 aliphatic carbocycles. The van der Waals surface area contributed by atoms with Crippen LogP contribution in [0.25, 0.3) is 0 Å². The summed E-state index contributed by atoms with van der Waals surface area (Å²) in [5.74, 6) is -0.739. The fourth-order valence-electron chi connectivity index (χ4n) is 3.50. The molecule has 0 radical (unpaired) electrons. The van der Waals surface area contributed by atoms with Crippen LogP contribution in [-0.4, -0.2) is 91.0 Å². The Kier molecular flexibility index (Phi) is 14.0. The first-order valence-corrected chi connectivity index (χ1v) is 11.9. The van der Waals surface area contributed by atoms with Crippen molar-refractivity contribution in [2.45, 2.75) is 46.1 Å². The van der Waals surface area contributed by atoms with Crippen LogP contribution in [0.2, 0.25) is 0 Å². The van der Waals surface area contributed by atoms with Crippen molar-refractivity contribution < 1.29 is 19.5 Å². The Morgan fingerprint density at radius 2 is 1.52 bits per heavy atom. The summed E-state index contributed by atoms with van der Waals surface area (Å²) in [5, 5.41) is 12.3. The average Bonchev–Trinajstić information content (AvgIpc) is 2.76. The molecule has 0 saturated carbocycles. The Morgan fingerprint density at radius 3 is 2.12 bits per heavy atom. The summed E-state index contributed by atoms with van der Waals surface area (Å²) >= 11 is 0. The van der Waals surface area contributed by atoms with Gasteiger partial charge in [0.05, 0.1) is 6.42 Å². The van der Waals surface area contributed by atoms with Gasteiger partial charge < -0.3 is 25.1 Å². The van der Waals surface area contributed by atoms with E-state index in [4.69, 9.17) is 5.11 Å². The number of carbonyl (C=O) groups excluding carboxylic acids is 2. The number of carbonyl (C=O) groups is 3. The lowest BCUT2D eigenvalue weighted by atomic mass is 10.2. The molecule has 0 spiro atoms. The number of benzene rings is 1. The van der Waals surface area contributed by atoms with Gasteiger partial charge in [-0.3, -0.25) is 14.4 Å². The zero-order chi connectivity index (χ0) is 24.6. The highest BCUT2D eigenvalue weighted by molar-refractivity contribution is 5.79. The van der Waals surface area contributed by atoms with Crippen molar-refractivity contribution in [3.63, 3.8) is 0 Å². The van der Waals surface area contributed by atoms with Crippen molar-refractivity contribution in [3.8, 4) is 0 Å². The third-order valence-corrected chi connectivity index (χ3v) is 5.20. The van der Waals surface area contributed by atoms with Crippen LogP contribution in [0.3, 0.4) is 0 Å². The minimum atomic E-state index is -0.917. The number of amides is 2. The van der Waals surface area contributed by atoms with Gasteiger partial charge >= 0.3 is 5.97 Å². The fourth-order valence-corrected chi connectivity index (χ4v) is 3.50. The first-order valence-electron chi connectivity index (χ1n) is 11.9. The van der Waals surface area contributed by atoms with Crippen LogP contribution >= 0.6 is 0 Å². The molecule has 2 amide bonds. The van der Waals surface area contributed by atoms with Crippen LogP contribution in [0.15, 0.2) is 30.3 Å². The monoisotopic (exact) mass is 462 g/mol. The molecule has 2 N–H and O–H groups in total. The van der Waals surface area contributed by atoms with Gasteiger partial charge in [0.25, 0.3) is 0 Å². The molecule has 0 aliphatic heterocycles. The standard InChI is InChI=1S/C25H42N4O4/c1-21(2)20-29(18-13-25(32)33)24(31)12-17-28(16-8-15-27(3)4)23(30)11-14-26-19-22-9-6-5-7-10-22/h5-7,9-10,21,26H,8,11-20H2,1-4H3,(H,32,33). The van der Waals surface area contributed by atoms with Crippen molar-refractivity contribution in [2.24, 2.45) is 5.92 Å². The van der Waals surface area contributed by atoms with Gasteiger partial charge in [0, 0.05) is 52.1 Å². The summed E-state index contributed by atoms with van der Waals surface area (Å²) in [4.78, 5) is 42.1. The molecule has 0 aromatic heterocycles. The van der Waals surface area contributed by atoms with E-state index in [1.807, 2.05) is 58.3 Å². The third-order valence-electron chi connectivity index (χ3n) is 5.20. The summed E-state index contributed by atoms with van der Waals surface area (Å²) in [6.07, 6.45) is 1.34. The van der Waals surface area contributed by atoms with Gasteiger partial charge in [-0.1, -0.05) is 44.2 Å². The number of nitrogens with zero attached hydrogens (tertiary/aromatic N) is 3. The average molecular weight is 463 g/mol. The molecule has 0 fully saturated rings. The molecule has 0 unspecified atom stereocenters. The van der Waals surface area contributed by atoms with E-state index in [0.29, 0.717) is 39.1 Å². The van der Waals surface area contributed by atoms with Crippen LogP contribution in [0.4, 0.5) is 0 Å². The predicted molar refractivity (Wildman–Crippen MR) is 131 cm³/mol. The molecule has 0 aliphatic rings. The minimum Gasteiger partial charge on any atom is -0.481 e. The molecule has 0 atom stereocenters. The number of hydrogen-bond acceptors (Lipinski definition) is 5. The second-order valence-corrected chi connectivity index (χ2v) is 9.08. The Morgan fingerprint density at radius 1 is 0.879 bits per heavy atom. The van der Waals surface area contributed by atoms with Crippen molar-refractivity contribution in [1.82, 2.24) is 20.0 Å². The summed E-state index contributed by atoms with van der Waals surface area (Å²) in [5.41, 5.74) is 1.17. The highest BCUT2D eigenvalue weighted by Crippen LogP contribution is 2.06. The van der Waals surface area contributed by atoms with Crippen molar-refractivity contribution in [3.05, 3.63) is 35.9 Å². The lowest BCUT2D eigenvalue weighted by Gasteiger charge is -2.27. The number of carboxylic acid groups (broad SMARTS) is 1. The molecule has 1 rings (SSSR count). The minimum absolute atomic E-state index is 0.0306. The molecule has 8 nitrogen and oxygen atoms in total. The zero-order valence-electron chi connectivity index (χ0n) is 20.8. The Bertz CT molecular complexity index is 710. The molecule has 1 aromatic rings. The maximum Gasteiger partial charge on any atom is 0.305 e. The lowest BCUT2D eigenvalue weighted by molar-refractivity contribution is -0.138. The molecule has 33 heavy (non-hydrogen) atoms. The zero-order valence-corrected chi connectivity index (χ0v) is 20.8. The molecule has 1 aromatic carbocycles. The maximum absolute atomic E-state index is 12.9. The number of nitrogens with one attached hydrogen (secondary N) is 1. The van der Waals surface area contributed by atoms with Gasteiger partial charge in [0.1, 0.15) is 0 Å². The van der Waals surface area contributed by atoms with Crippen LogP contribution in [0.1, 0.15) is 45.1 Å². The second-order valence-electron chi connectivity index (χ2n) is 9.08. The summed E-state index contributed by atoms with van der Waals surface area (Å²) in [6, 6.07) is 10.0. The number of aliphatic carboxylic acids is 1. The largest absolute Gasteiger partial charge is 0.481 e. The highest BCUT2D eigenvalue weighted by atomic mass is 16.4. The normalized spacial score (nSPS) is 11.1. The number of rotatable bonds is 17. The van der Waals surface area contributed by atoms with Gasteiger partial charge in [-0.25, -0.2) is 0 Å². The number of carboxylic acids is 1. The quantitative estimate of drug-likeness (QED) is 0.345. The molecular formula is C25H42N4O4. The molecule has 0 bridgehead atoms. The first kappa shape index (κ1) is 28.6. The van der Waals surface area contributed by atoms with Crippen LogP contribution in [-0.2, 0) is 20.9 Å². The molecule has 186 valence electrons. The van der Waals surface area contributed by atoms with Crippen molar-refractivity contribution in [1.29, 1.82) is 0 Å². The second kappa shape index (κ2) is 16.2. The molecule has 0 saturated heterocycles. The van der Waals surface area contributed by atoms with Crippen LogP contribution in [0, 0.1) is 5.92 Å². The molecule has 0 heterocycles. The van der Waals surface area contributed by atoms with Gasteiger partial charge in [-0.15, -0.1) is 0 Å². The van der Waals surface area contributed by atoms with E-state index < -0.39 is 5.97 Å². The van der Waals surface area contributed by atoms with E-state index in [2.05, 4.69) is 10.2 Å². The number of hydrogen-bond donors (Lipinski definition) is 2. The topological polar surface area (TPSA) is 93.2 Å². The van der Waals surface area contributed by atoms with E-state index in [1.54, 1.807) is 9.80 Å². The SMILES string of the molecule is CC(C)CN(CCC(=O)O)C(=O)CCN(CCCN(C)C)C(=O)CCNCc1ccccc1. The van der Waals surface area contributed by atoms with Crippen LogP contribution < -0.4 is 5.32 Å². The van der Waals surface area contributed by atoms with Crippen LogP contribution in [0.5, 0.6) is 0 Å². The summed E-state index contributed by atoms with van der Waals surface area (Å²) < 4.78 is 0. The van der Waals surface area contributed by atoms with Gasteiger partial charge in [-0.2, -0.15) is 0 Å². The first-order chi connectivity index (χ1) is 15.7. The van der Waals surface area contributed by atoms with Crippen molar-refractivity contribution >= 4 is 17.8 Å². The smallest absolute Gasteiger partial charge is 0.305 e. The van der Waals surface area contributed by atoms with E-state index >= 15 is 0 Å². The van der Waals surface area contributed by atoms with Crippen molar-refractivity contribution in [2.75, 3.05) is 53.4 Å². The Balaban J connectivity index is 2.60. The van der Waals surface area contributed by atoms with E-state index in [0.717, 1.165) is 13.0 Å². The van der Waals surface area contributed by atoms with Gasteiger partial charge in [-0.05, 0) is 38.5 Å². The van der Waals surface area contributed by atoms with E-state index in [-0.39, 0.29) is 37.1 Å². The molecule has 8 heteroatoms. The Hall–Kier alpha value is -2.45. The highest BCUT2D eigenvalue weighted by Gasteiger charge is 2.19. The Labute approximate surface area is 198 Å². The predicted octanol–water partition coefficient (Wildman–Crippen LogP) is 2.30. The van der Waals surface area contributed by atoms with Gasteiger partial charge in [0.2, 0.25) is 11.8 Å². The van der Waals surface area contributed by atoms with Gasteiger partial charge in [0.15, 0.2) is 0 Å². The molecular weight excluding hydrogens is 420 g/mol. The summed E-state index contributed by atoms with van der Waals surface area (Å²) in [6.45, 7) is 7.82. The lowest BCUT2D eigenvalue weighted by Crippen LogP contribution is -2.40. The fraction of sp³-hybridized carbons (Fsp3) is 0.640. The maximum atomic E-state index is 12.9.